The largest absolute Gasteiger partial charge is 0.383 e. The lowest BCUT2D eigenvalue weighted by atomic mass is 10.2. The number of nitrogens with one attached hydrogen (secondary N) is 1. The van der Waals surface area contributed by atoms with E-state index in [0.29, 0.717) is 25.1 Å². The molecule has 0 aromatic carbocycles. The lowest BCUT2D eigenvalue weighted by Gasteiger charge is -2.17. The number of rotatable bonds is 8. The molecule has 0 aliphatic carbocycles. The van der Waals surface area contributed by atoms with E-state index in [-0.39, 0.29) is 6.04 Å². The summed E-state index contributed by atoms with van der Waals surface area (Å²) < 4.78 is 7.05. The molecule has 1 rings (SSSR count). The molecule has 1 heterocycles. The first kappa shape index (κ1) is 14.4. The number of halogens is 1. The van der Waals surface area contributed by atoms with Gasteiger partial charge in [-0.05, 0) is 20.3 Å². The molecule has 1 unspecified atom stereocenters. The first-order valence-electron chi connectivity index (χ1n) is 5.85. The van der Waals surface area contributed by atoms with Crippen molar-refractivity contribution in [1.82, 2.24) is 20.1 Å². The first-order valence-corrected chi connectivity index (χ1v) is 6.39. The highest BCUT2D eigenvalue weighted by molar-refractivity contribution is 6.17. The zero-order chi connectivity index (χ0) is 12.7. The summed E-state index contributed by atoms with van der Waals surface area (Å²) in [6.45, 7) is 5.51. The van der Waals surface area contributed by atoms with E-state index in [4.69, 9.17) is 16.3 Å². The van der Waals surface area contributed by atoms with Gasteiger partial charge in [0.05, 0.1) is 13.2 Å². The SMILES string of the molecule is COCC(CCCl)NCc1ncnn1C(C)C. The van der Waals surface area contributed by atoms with Crippen molar-refractivity contribution in [3.05, 3.63) is 12.2 Å². The molecular formula is C11H21ClN4O. The fourth-order valence-electron chi connectivity index (χ4n) is 1.64. The highest BCUT2D eigenvalue weighted by Gasteiger charge is 2.11. The Balaban J connectivity index is 2.49. The van der Waals surface area contributed by atoms with Crippen molar-refractivity contribution in [1.29, 1.82) is 0 Å². The molecule has 0 spiro atoms. The Morgan fingerprint density at radius 1 is 1.53 bits per heavy atom. The molecule has 1 atom stereocenters. The topological polar surface area (TPSA) is 52.0 Å². The zero-order valence-electron chi connectivity index (χ0n) is 10.7. The van der Waals surface area contributed by atoms with Gasteiger partial charge in [0.2, 0.25) is 0 Å². The summed E-state index contributed by atoms with van der Waals surface area (Å²) in [4.78, 5) is 4.25. The van der Waals surface area contributed by atoms with Gasteiger partial charge in [-0.2, -0.15) is 5.10 Å². The first-order chi connectivity index (χ1) is 8.19. The van der Waals surface area contributed by atoms with E-state index in [0.717, 1.165) is 12.2 Å². The van der Waals surface area contributed by atoms with E-state index in [1.165, 1.54) is 0 Å². The lowest BCUT2D eigenvalue weighted by molar-refractivity contribution is 0.163. The second kappa shape index (κ2) is 7.63. The van der Waals surface area contributed by atoms with Gasteiger partial charge in [0.25, 0.3) is 0 Å². The van der Waals surface area contributed by atoms with Crippen molar-refractivity contribution in [3.8, 4) is 0 Å². The van der Waals surface area contributed by atoms with Crippen LogP contribution in [0.25, 0.3) is 0 Å². The molecule has 0 aliphatic heterocycles. The third-order valence-electron chi connectivity index (χ3n) is 2.51. The highest BCUT2D eigenvalue weighted by atomic mass is 35.5. The summed E-state index contributed by atoms with van der Waals surface area (Å²) in [5, 5.41) is 7.58. The van der Waals surface area contributed by atoms with E-state index in [2.05, 4.69) is 29.2 Å². The van der Waals surface area contributed by atoms with Crippen LogP contribution in [0.2, 0.25) is 0 Å². The van der Waals surface area contributed by atoms with Gasteiger partial charge in [-0.3, -0.25) is 0 Å². The summed E-state index contributed by atoms with van der Waals surface area (Å²) >= 11 is 5.75. The molecule has 1 aromatic rings. The fraction of sp³-hybridized carbons (Fsp3) is 0.818. The smallest absolute Gasteiger partial charge is 0.141 e. The van der Waals surface area contributed by atoms with Crippen molar-refractivity contribution < 1.29 is 4.74 Å². The minimum atomic E-state index is 0.259. The Kier molecular flexibility index (Phi) is 6.47. The van der Waals surface area contributed by atoms with Crippen LogP contribution >= 0.6 is 11.6 Å². The van der Waals surface area contributed by atoms with Gasteiger partial charge in [0.15, 0.2) is 0 Å². The Hall–Kier alpha value is -0.650. The van der Waals surface area contributed by atoms with Crippen molar-refractivity contribution in [3.63, 3.8) is 0 Å². The molecular weight excluding hydrogens is 240 g/mol. The van der Waals surface area contributed by atoms with Gasteiger partial charge < -0.3 is 10.1 Å². The molecule has 98 valence electrons. The molecule has 0 amide bonds. The van der Waals surface area contributed by atoms with E-state index in [1.807, 2.05) is 4.68 Å². The van der Waals surface area contributed by atoms with E-state index in [1.54, 1.807) is 13.4 Å². The number of alkyl halides is 1. The molecule has 0 aliphatic rings. The second-order valence-electron chi connectivity index (χ2n) is 4.23. The minimum absolute atomic E-state index is 0.259. The second-order valence-corrected chi connectivity index (χ2v) is 4.60. The standard InChI is InChI=1S/C11H21ClN4O/c1-9(2)16-11(14-8-15-16)6-13-10(4-5-12)7-17-3/h8-10,13H,4-7H2,1-3H3. The van der Waals surface area contributed by atoms with Crippen LogP contribution < -0.4 is 5.32 Å². The molecule has 6 heteroatoms. The molecule has 1 N–H and O–H groups in total. The Morgan fingerprint density at radius 2 is 2.29 bits per heavy atom. The fourth-order valence-corrected chi connectivity index (χ4v) is 1.91. The van der Waals surface area contributed by atoms with Gasteiger partial charge in [-0.25, -0.2) is 9.67 Å². The maximum Gasteiger partial charge on any atom is 0.141 e. The van der Waals surface area contributed by atoms with Crippen molar-refractivity contribution in [2.24, 2.45) is 0 Å². The monoisotopic (exact) mass is 260 g/mol. The van der Waals surface area contributed by atoms with Crippen molar-refractivity contribution in [2.45, 2.75) is 38.9 Å². The number of hydrogen-bond donors (Lipinski definition) is 1. The van der Waals surface area contributed by atoms with Gasteiger partial charge in [0, 0.05) is 25.1 Å². The van der Waals surface area contributed by atoms with Gasteiger partial charge in [-0.15, -0.1) is 11.6 Å². The Labute approximate surface area is 108 Å². The summed E-state index contributed by atoms with van der Waals surface area (Å²) in [5.74, 6) is 1.56. The average molecular weight is 261 g/mol. The summed E-state index contributed by atoms with van der Waals surface area (Å²) in [6.07, 6.45) is 2.47. The van der Waals surface area contributed by atoms with Gasteiger partial charge in [-0.1, -0.05) is 0 Å². The summed E-state index contributed by atoms with van der Waals surface area (Å²) in [7, 11) is 1.69. The number of hydrogen-bond acceptors (Lipinski definition) is 4. The highest BCUT2D eigenvalue weighted by Crippen LogP contribution is 2.05. The van der Waals surface area contributed by atoms with Crippen LogP contribution in [0.4, 0.5) is 0 Å². The average Bonchev–Trinajstić information content (AvgIpc) is 2.74. The number of aromatic nitrogens is 3. The van der Waals surface area contributed by atoms with Crippen LogP contribution in [-0.2, 0) is 11.3 Å². The number of methoxy groups -OCH3 is 1. The van der Waals surface area contributed by atoms with Crippen LogP contribution in [0, 0.1) is 0 Å². The zero-order valence-corrected chi connectivity index (χ0v) is 11.4. The third-order valence-corrected chi connectivity index (χ3v) is 2.73. The maximum absolute atomic E-state index is 5.75. The summed E-state index contributed by atoms with van der Waals surface area (Å²) in [5.41, 5.74) is 0. The molecule has 0 radical (unpaired) electrons. The maximum atomic E-state index is 5.75. The molecule has 0 saturated carbocycles. The number of ether oxygens (including phenoxy) is 1. The van der Waals surface area contributed by atoms with Gasteiger partial charge >= 0.3 is 0 Å². The predicted molar refractivity (Wildman–Crippen MR) is 68.2 cm³/mol. The lowest BCUT2D eigenvalue weighted by Crippen LogP contribution is -2.34. The molecule has 17 heavy (non-hydrogen) atoms. The van der Waals surface area contributed by atoms with Gasteiger partial charge in [0.1, 0.15) is 12.2 Å². The Bertz CT molecular complexity index is 310. The molecule has 5 nitrogen and oxygen atoms in total. The predicted octanol–water partition coefficient (Wildman–Crippen LogP) is 1.59. The quantitative estimate of drug-likeness (QED) is 0.722. The van der Waals surface area contributed by atoms with Crippen LogP contribution in [0.3, 0.4) is 0 Å². The third kappa shape index (κ3) is 4.61. The summed E-state index contributed by atoms with van der Waals surface area (Å²) in [6, 6.07) is 0.581. The minimum Gasteiger partial charge on any atom is -0.383 e. The van der Waals surface area contributed by atoms with Crippen LogP contribution in [-0.4, -0.2) is 40.4 Å². The van der Waals surface area contributed by atoms with E-state index < -0.39 is 0 Å². The van der Waals surface area contributed by atoms with Crippen molar-refractivity contribution >= 4 is 11.6 Å². The van der Waals surface area contributed by atoms with Crippen LogP contribution in [0.5, 0.6) is 0 Å². The van der Waals surface area contributed by atoms with E-state index >= 15 is 0 Å². The molecule has 0 saturated heterocycles. The number of nitrogens with zero attached hydrogens (tertiary/aromatic N) is 3. The molecule has 0 fully saturated rings. The van der Waals surface area contributed by atoms with Crippen molar-refractivity contribution in [2.75, 3.05) is 19.6 Å². The Morgan fingerprint density at radius 3 is 2.88 bits per heavy atom. The van der Waals surface area contributed by atoms with Crippen LogP contribution in [0.15, 0.2) is 6.33 Å². The molecule has 0 bridgehead atoms. The molecule has 1 aromatic heterocycles. The van der Waals surface area contributed by atoms with Crippen LogP contribution in [0.1, 0.15) is 32.1 Å². The van der Waals surface area contributed by atoms with E-state index in [9.17, 15) is 0 Å². The normalized spacial score (nSPS) is 13.2.